The molecule has 2 aromatic heterocycles. The number of pyridine rings is 1. The van der Waals surface area contributed by atoms with Crippen LogP contribution in [-0.4, -0.2) is 21.5 Å². The first-order valence-electron chi connectivity index (χ1n) is 8.09. The molecule has 0 radical (unpaired) electrons. The molecule has 6 heteroatoms. The molecule has 0 atom stereocenters. The van der Waals surface area contributed by atoms with Crippen LogP contribution in [0.25, 0.3) is 16.4 Å². The first-order valence-corrected chi connectivity index (χ1v) is 8.88. The molecule has 0 fully saturated rings. The number of rotatable bonds is 3. The summed E-state index contributed by atoms with van der Waals surface area (Å²) in [6, 6.07) is 17.8. The van der Waals surface area contributed by atoms with Crippen LogP contribution in [0.5, 0.6) is 0 Å². The van der Waals surface area contributed by atoms with Crippen molar-refractivity contribution in [2.75, 3.05) is 0 Å². The van der Waals surface area contributed by atoms with Gasteiger partial charge in [0.15, 0.2) is 0 Å². The Balaban J connectivity index is 1.62. The number of aromatic nitrogens is 2. The SMILES string of the molecule is Cc1nc2ccc(Br)cn2c1C(=O)N/N=C/c1cccc2ccccc12. The standard InChI is InChI=1S/C20H15BrN4O/c1-13-19(25-12-16(21)9-10-18(25)23-13)20(26)24-22-11-15-7-4-6-14-5-2-3-8-17(14)15/h2-12H,1H3,(H,24,26)/b22-11+. The molecule has 0 saturated heterocycles. The number of hydrogen-bond acceptors (Lipinski definition) is 3. The summed E-state index contributed by atoms with van der Waals surface area (Å²) in [5.74, 6) is -0.301. The van der Waals surface area contributed by atoms with Crippen molar-refractivity contribution in [1.29, 1.82) is 0 Å². The fourth-order valence-electron chi connectivity index (χ4n) is 2.99. The Bertz CT molecular complexity index is 1160. The number of fused-ring (bicyclic) bond motifs is 2. The normalized spacial score (nSPS) is 11.5. The number of nitrogens with zero attached hydrogens (tertiary/aromatic N) is 3. The lowest BCUT2D eigenvalue weighted by Gasteiger charge is -2.03. The number of carbonyl (C=O) groups is 1. The zero-order valence-electron chi connectivity index (χ0n) is 14.0. The van der Waals surface area contributed by atoms with Crippen molar-refractivity contribution in [2.24, 2.45) is 5.10 Å². The van der Waals surface area contributed by atoms with Crippen LogP contribution in [0.4, 0.5) is 0 Å². The van der Waals surface area contributed by atoms with Gasteiger partial charge in [0.1, 0.15) is 11.3 Å². The Labute approximate surface area is 158 Å². The first-order chi connectivity index (χ1) is 12.6. The van der Waals surface area contributed by atoms with Crippen LogP contribution in [0.3, 0.4) is 0 Å². The molecular weight excluding hydrogens is 392 g/mol. The summed E-state index contributed by atoms with van der Waals surface area (Å²) >= 11 is 3.42. The van der Waals surface area contributed by atoms with Crippen molar-refractivity contribution in [3.8, 4) is 0 Å². The Kier molecular flexibility index (Phi) is 4.26. The molecule has 0 aliphatic heterocycles. The number of carbonyl (C=O) groups excluding carboxylic acids is 1. The van der Waals surface area contributed by atoms with Crippen LogP contribution < -0.4 is 5.43 Å². The molecule has 0 spiro atoms. The maximum Gasteiger partial charge on any atom is 0.290 e. The van der Waals surface area contributed by atoms with Crippen molar-refractivity contribution in [2.45, 2.75) is 6.92 Å². The molecule has 0 bridgehead atoms. The number of imidazole rings is 1. The third kappa shape index (κ3) is 2.99. The lowest BCUT2D eigenvalue weighted by Crippen LogP contribution is -2.20. The number of hydrogen-bond donors (Lipinski definition) is 1. The predicted octanol–water partition coefficient (Wildman–Crippen LogP) is 4.32. The highest BCUT2D eigenvalue weighted by Gasteiger charge is 2.16. The average Bonchev–Trinajstić information content (AvgIpc) is 2.97. The smallest absolute Gasteiger partial charge is 0.290 e. The minimum absolute atomic E-state index is 0.301. The second kappa shape index (κ2) is 6.72. The largest absolute Gasteiger partial charge is 0.294 e. The summed E-state index contributed by atoms with van der Waals surface area (Å²) in [5, 5.41) is 6.36. The van der Waals surface area contributed by atoms with E-state index in [9.17, 15) is 4.79 Å². The highest BCUT2D eigenvalue weighted by Crippen LogP contribution is 2.18. The minimum Gasteiger partial charge on any atom is -0.294 e. The van der Waals surface area contributed by atoms with Gasteiger partial charge in [0, 0.05) is 16.2 Å². The summed E-state index contributed by atoms with van der Waals surface area (Å²) in [4.78, 5) is 17.0. The van der Waals surface area contributed by atoms with Gasteiger partial charge < -0.3 is 0 Å². The molecule has 0 unspecified atom stereocenters. The van der Waals surface area contributed by atoms with Crippen LogP contribution in [0.15, 0.2) is 70.4 Å². The van der Waals surface area contributed by atoms with Crippen LogP contribution >= 0.6 is 15.9 Å². The molecule has 0 aliphatic carbocycles. The molecule has 4 rings (SSSR count). The van der Waals surface area contributed by atoms with Crippen LogP contribution in [0, 0.1) is 6.92 Å². The Morgan fingerprint density at radius 3 is 2.85 bits per heavy atom. The van der Waals surface area contributed by atoms with E-state index in [1.807, 2.05) is 67.7 Å². The number of aryl methyl sites for hydroxylation is 1. The molecule has 1 N–H and O–H groups in total. The van der Waals surface area contributed by atoms with Gasteiger partial charge in [-0.1, -0.05) is 42.5 Å². The second-order valence-corrected chi connectivity index (χ2v) is 6.80. The molecule has 1 amide bonds. The molecule has 0 aliphatic rings. The first kappa shape index (κ1) is 16.5. The molecule has 5 nitrogen and oxygen atoms in total. The maximum absolute atomic E-state index is 12.6. The summed E-state index contributed by atoms with van der Waals surface area (Å²) in [6.07, 6.45) is 3.48. The molecule has 0 saturated carbocycles. The van der Waals surface area contributed by atoms with Gasteiger partial charge >= 0.3 is 0 Å². The van der Waals surface area contributed by atoms with Gasteiger partial charge in [-0.15, -0.1) is 0 Å². The van der Waals surface area contributed by atoms with Gasteiger partial charge in [-0.05, 0) is 45.8 Å². The fourth-order valence-corrected chi connectivity index (χ4v) is 3.32. The van der Waals surface area contributed by atoms with Crippen molar-refractivity contribution in [1.82, 2.24) is 14.8 Å². The second-order valence-electron chi connectivity index (χ2n) is 5.89. The van der Waals surface area contributed by atoms with E-state index in [0.717, 1.165) is 20.8 Å². The predicted molar refractivity (Wildman–Crippen MR) is 107 cm³/mol. The van der Waals surface area contributed by atoms with E-state index in [2.05, 4.69) is 31.4 Å². The van der Waals surface area contributed by atoms with E-state index < -0.39 is 0 Å². The zero-order valence-corrected chi connectivity index (χ0v) is 15.6. The number of nitrogens with one attached hydrogen (secondary N) is 1. The molecule has 4 aromatic rings. The van der Waals surface area contributed by atoms with Gasteiger partial charge in [-0.3, -0.25) is 9.20 Å². The number of hydrazone groups is 1. The van der Waals surface area contributed by atoms with Gasteiger partial charge in [0.2, 0.25) is 0 Å². The summed E-state index contributed by atoms with van der Waals surface area (Å²) in [6.45, 7) is 1.81. The van der Waals surface area contributed by atoms with E-state index in [1.54, 1.807) is 10.6 Å². The number of benzene rings is 2. The lowest BCUT2D eigenvalue weighted by atomic mass is 10.1. The van der Waals surface area contributed by atoms with Crippen molar-refractivity contribution < 1.29 is 4.79 Å². The van der Waals surface area contributed by atoms with Gasteiger partial charge in [0.05, 0.1) is 11.9 Å². The Morgan fingerprint density at radius 1 is 1.15 bits per heavy atom. The van der Waals surface area contributed by atoms with Gasteiger partial charge in [-0.2, -0.15) is 5.10 Å². The maximum atomic E-state index is 12.6. The average molecular weight is 407 g/mol. The van der Waals surface area contributed by atoms with Crippen LogP contribution in [0.1, 0.15) is 21.7 Å². The third-order valence-electron chi connectivity index (χ3n) is 4.16. The lowest BCUT2D eigenvalue weighted by molar-refractivity contribution is 0.0948. The van der Waals surface area contributed by atoms with Gasteiger partial charge in [-0.25, -0.2) is 10.4 Å². The highest BCUT2D eigenvalue weighted by molar-refractivity contribution is 9.10. The van der Waals surface area contributed by atoms with E-state index in [1.165, 1.54) is 0 Å². The molecule has 128 valence electrons. The van der Waals surface area contributed by atoms with Crippen LogP contribution in [0.2, 0.25) is 0 Å². The fraction of sp³-hybridized carbons (Fsp3) is 0.0500. The third-order valence-corrected chi connectivity index (χ3v) is 4.63. The topological polar surface area (TPSA) is 58.8 Å². The Hall–Kier alpha value is -2.99. The number of halogens is 1. The summed E-state index contributed by atoms with van der Waals surface area (Å²) < 4.78 is 2.62. The minimum atomic E-state index is -0.301. The Morgan fingerprint density at radius 2 is 1.96 bits per heavy atom. The van der Waals surface area contributed by atoms with Crippen LogP contribution in [-0.2, 0) is 0 Å². The highest BCUT2D eigenvalue weighted by atomic mass is 79.9. The zero-order chi connectivity index (χ0) is 18.1. The molecule has 26 heavy (non-hydrogen) atoms. The van der Waals surface area contributed by atoms with E-state index in [0.29, 0.717) is 17.0 Å². The quantitative estimate of drug-likeness (QED) is 0.406. The number of amides is 1. The summed E-state index contributed by atoms with van der Waals surface area (Å²) in [5.41, 5.74) is 5.39. The van der Waals surface area contributed by atoms with Crippen molar-refractivity contribution >= 4 is 44.5 Å². The molecule has 2 heterocycles. The van der Waals surface area contributed by atoms with E-state index in [4.69, 9.17) is 0 Å². The van der Waals surface area contributed by atoms with E-state index >= 15 is 0 Å². The molecule has 2 aromatic carbocycles. The van der Waals surface area contributed by atoms with Crippen molar-refractivity contribution in [3.63, 3.8) is 0 Å². The molecular formula is C20H15BrN4O. The summed E-state index contributed by atoms with van der Waals surface area (Å²) in [7, 11) is 0. The van der Waals surface area contributed by atoms with Crippen molar-refractivity contribution in [3.05, 3.63) is 82.2 Å². The van der Waals surface area contributed by atoms with Gasteiger partial charge in [0.25, 0.3) is 5.91 Å². The monoisotopic (exact) mass is 406 g/mol. The van der Waals surface area contributed by atoms with E-state index in [-0.39, 0.29) is 5.91 Å².